The first-order valence-electron chi connectivity index (χ1n) is 12.8. The topological polar surface area (TPSA) is 28.5 Å². The fraction of sp³-hybridized carbons (Fsp3) is 0.0588. The Labute approximate surface area is 215 Å². The molecule has 0 radical (unpaired) electrons. The zero-order valence-electron chi connectivity index (χ0n) is 20.1. The Hall–Kier alpha value is -4.76. The molecule has 174 valence electrons. The maximum Gasteiger partial charge on any atom is 0.137 e. The smallest absolute Gasteiger partial charge is 0.137 e. The van der Waals surface area contributed by atoms with Crippen molar-refractivity contribution in [1.29, 1.82) is 0 Å². The molecule has 3 heterocycles. The minimum Gasteiger partial charge on any atom is -0.316 e. The molecule has 0 saturated heterocycles. The molecular formula is C34H23N3. The molecule has 0 N–H and O–H groups in total. The summed E-state index contributed by atoms with van der Waals surface area (Å²) < 4.78 is 0. The van der Waals surface area contributed by atoms with Crippen LogP contribution in [0.1, 0.15) is 5.56 Å². The van der Waals surface area contributed by atoms with Crippen molar-refractivity contribution in [2.75, 3.05) is 4.90 Å². The summed E-state index contributed by atoms with van der Waals surface area (Å²) >= 11 is 0. The van der Waals surface area contributed by atoms with Gasteiger partial charge < -0.3 is 4.90 Å². The summed E-state index contributed by atoms with van der Waals surface area (Å²) in [6, 6.07) is 37.1. The molecule has 5 aromatic rings. The zero-order chi connectivity index (χ0) is 24.3. The highest BCUT2D eigenvalue weighted by Gasteiger charge is 2.40. The van der Waals surface area contributed by atoms with Crippen molar-refractivity contribution >= 4 is 22.3 Å². The zero-order valence-corrected chi connectivity index (χ0v) is 20.1. The van der Waals surface area contributed by atoms with Crippen molar-refractivity contribution in [3.05, 3.63) is 133 Å². The third-order valence-electron chi connectivity index (χ3n) is 7.68. The summed E-state index contributed by atoms with van der Waals surface area (Å²) in [4.78, 5) is 12.6. The van der Waals surface area contributed by atoms with E-state index in [0.717, 1.165) is 28.4 Å². The van der Waals surface area contributed by atoms with Crippen LogP contribution in [0.25, 0.3) is 44.4 Å². The number of fused-ring (bicyclic) bond motifs is 9. The third-order valence-corrected chi connectivity index (χ3v) is 7.68. The van der Waals surface area contributed by atoms with Crippen LogP contribution in [0.5, 0.6) is 0 Å². The highest BCUT2D eigenvalue weighted by Crippen LogP contribution is 2.45. The molecular weight excluding hydrogens is 450 g/mol. The van der Waals surface area contributed by atoms with Crippen molar-refractivity contribution in [2.24, 2.45) is 4.99 Å². The van der Waals surface area contributed by atoms with Crippen LogP contribution in [-0.2, 0) is 0 Å². The summed E-state index contributed by atoms with van der Waals surface area (Å²) in [7, 11) is 0. The van der Waals surface area contributed by atoms with E-state index in [2.05, 4.69) is 132 Å². The minimum absolute atomic E-state index is 0.152. The van der Waals surface area contributed by atoms with Crippen LogP contribution in [0, 0.1) is 0 Å². The lowest BCUT2D eigenvalue weighted by Crippen LogP contribution is -2.41. The Morgan fingerprint density at radius 3 is 2.24 bits per heavy atom. The molecule has 0 bridgehead atoms. The van der Waals surface area contributed by atoms with Gasteiger partial charge in [-0.2, -0.15) is 0 Å². The fourth-order valence-electron chi connectivity index (χ4n) is 5.90. The van der Waals surface area contributed by atoms with Crippen LogP contribution >= 0.6 is 0 Å². The maximum atomic E-state index is 5.14. The van der Waals surface area contributed by atoms with Gasteiger partial charge >= 0.3 is 0 Å². The number of nitrogens with zero attached hydrogens (tertiary/aromatic N) is 3. The first-order valence-corrected chi connectivity index (χ1v) is 12.8. The van der Waals surface area contributed by atoms with E-state index in [1.54, 1.807) is 0 Å². The molecule has 8 rings (SSSR count). The van der Waals surface area contributed by atoms with Gasteiger partial charge in [-0.05, 0) is 52.7 Å². The highest BCUT2D eigenvalue weighted by atomic mass is 15.3. The van der Waals surface area contributed by atoms with Gasteiger partial charge in [0.25, 0.3) is 0 Å². The summed E-state index contributed by atoms with van der Waals surface area (Å²) in [5, 5.41) is 2.47. The lowest BCUT2D eigenvalue weighted by molar-refractivity contribution is 0.739. The Morgan fingerprint density at radius 2 is 1.32 bits per heavy atom. The van der Waals surface area contributed by atoms with Gasteiger partial charge in [0.05, 0.1) is 29.2 Å². The lowest BCUT2D eigenvalue weighted by Gasteiger charge is -2.35. The van der Waals surface area contributed by atoms with E-state index in [1.165, 1.54) is 33.2 Å². The number of pyridine rings is 1. The van der Waals surface area contributed by atoms with Crippen molar-refractivity contribution in [2.45, 2.75) is 12.1 Å². The van der Waals surface area contributed by atoms with Crippen LogP contribution in [0.15, 0.2) is 132 Å². The predicted octanol–water partition coefficient (Wildman–Crippen LogP) is 7.68. The molecule has 0 spiro atoms. The van der Waals surface area contributed by atoms with Crippen LogP contribution in [0.4, 0.5) is 5.69 Å². The SMILES string of the molecule is C1=CC2N=C3c4ccc(-c5cccc(-c6ccc7ccccc7c6)n5)cc4-c4ccccc4N3C2C=C1. The van der Waals surface area contributed by atoms with Crippen molar-refractivity contribution < 1.29 is 0 Å². The normalized spacial score (nSPS) is 18.7. The first kappa shape index (κ1) is 20.4. The molecule has 1 aromatic heterocycles. The Morgan fingerprint density at radius 1 is 0.568 bits per heavy atom. The van der Waals surface area contributed by atoms with E-state index in [1.807, 2.05) is 0 Å². The molecule has 3 heteroatoms. The molecule has 0 amide bonds. The van der Waals surface area contributed by atoms with Crippen LogP contribution in [0.3, 0.4) is 0 Å². The molecule has 2 atom stereocenters. The number of anilines is 1. The second-order valence-corrected chi connectivity index (χ2v) is 9.82. The largest absolute Gasteiger partial charge is 0.316 e. The van der Waals surface area contributed by atoms with Crippen LogP contribution < -0.4 is 4.90 Å². The van der Waals surface area contributed by atoms with Gasteiger partial charge in [-0.15, -0.1) is 0 Å². The summed E-state index contributed by atoms with van der Waals surface area (Å²) in [5.74, 6) is 1.06. The Balaban J connectivity index is 1.25. The number of allylic oxidation sites excluding steroid dienone is 2. The van der Waals surface area contributed by atoms with Crippen molar-refractivity contribution in [1.82, 2.24) is 4.98 Å². The Kier molecular flexibility index (Phi) is 4.35. The maximum absolute atomic E-state index is 5.14. The third kappa shape index (κ3) is 3.14. The van der Waals surface area contributed by atoms with Gasteiger partial charge in [0.1, 0.15) is 5.84 Å². The lowest BCUT2D eigenvalue weighted by atomic mass is 9.89. The molecule has 0 saturated carbocycles. The molecule has 2 aliphatic heterocycles. The molecule has 3 nitrogen and oxygen atoms in total. The van der Waals surface area contributed by atoms with Gasteiger partial charge in [-0.1, -0.05) is 91.0 Å². The molecule has 2 unspecified atom stereocenters. The van der Waals surface area contributed by atoms with Gasteiger partial charge in [-0.25, -0.2) is 4.98 Å². The average molecular weight is 474 g/mol. The number of amidine groups is 1. The van der Waals surface area contributed by atoms with Gasteiger partial charge in [0, 0.05) is 22.3 Å². The number of para-hydroxylation sites is 1. The van der Waals surface area contributed by atoms with E-state index in [4.69, 9.17) is 9.98 Å². The van der Waals surface area contributed by atoms with Gasteiger partial charge in [0.15, 0.2) is 0 Å². The van der Waals surface area contributed by atoms with Crippen LogP contribution in [-0.4, -0.2) is 22.9 Å². The first-order chi connectivity index (χ1) is 18.3. The number of benzene rings is 4. The molecule has 37 heavy (non-hydrogen) atoms. The quantitative estimate of drug-likeness (QED) is 0.263. The van der Waals surface area contributed by atoms with E-state index in [9.17, 15) is 0 Å². The monoisotopic (exact) mass is 473 g/mol. The molecule has 3 aliphatic rings. The minimum atomic E-state index is 0.152. The summed E-state index contributed by atoms with van der Waals surface area (Å²) in [5.41, 5.74) is 9.06. The van der Waals surface area contributed by atoms with Crippen molar-refractivity contribution in [3.63, 3.8) is 0 Å². The second kappa shape index (κ2) is 7.87. The van der Waals surface area contributed by atoms with Gasteiger partial charge in [0.2, 0.25) is 0 Å². The molecule has 4 aromatic carbocycles. The van der Waals surface area contributed by atoms with Crippen LogP contribution in [0.2, 0.25) is 0 Å². The standard InChI is InChI=1S/C34H23N3/c1-2-9-23-20-24(17-16-22(23)8-1)29-12-7-13-30(35-29)25-18-19-27-28(21-25)26-10-3-5-14-32(26)37-33-15-6-4-11-31(33)36-34(27)37/h1-21,31,33H. The number of aromatic nitrogens is 1. The average Bonchev–Trinajstić information content (AvgIpc) is 3.37. The van der Waals surface area contributed by atoms with E-state index in [0.29, 0.717) is 0 Å². The van der Waals surface area contributed by atoms with E-state index >= 15 is 0 Å². The number of hydrogen-bond acceptors (Lipinski definition) is 3. The second-order valence-electron chi connectivity index (χ2n) is 9.82. The molecule has 0 fully saturated rings. The van der Waals surface area contributed by atoms with E-state index in [-0.39, 0.29) is 12.1 Å². The molecule has 1 aliphatic carbocycles. The van der Waals surface area contributed by atoms with E-state index < -0.39 is 0 Å². The van der Waals surface area contributed by atoms with Gasteiger partial charge in [-0.3, -0.25) is 4.99 Å². The van der Waals surface area contributed by atoms with Crippen molar-refractivity contribution in [3.8, 4) is 33.6 Å². The summed E-state index contributed by atoms with van der Waals surface area (Å²) in [6.07, 6.45) is 8.71. The fourth-order valence-corrected chi connectivity index (χ4v) is 5.90. The number of aliphatic imine (C=N–C) groups is 1. The number of rotatable bonds is 2. The Bertz CT molecular complexity index is 1810. The predicted molar refractivity (Wildman–Crippen MR) is 153 cm³/mol. The summed E-state index contributed by atoms with van der Waals surface area (Å²) in [6.45, 7) is 0. The number of hydrogen-bond donors (Lipinski definition) is 0. The highest BCUT2D eigenvalue weighted by molar-refractivity contribution is 6.21.